The van der Waals surface area contributed by atoms with E-state index in [4.69, 9.17) is 4.74 Å². The van der Waals surface area contributed by atoms with Crippen LogP contribution in [0.25, 0.3) is 0 Å². The molecule has 0 amide bonds. The average Bonchev–Trinajstić information content (AvgIpc) is 2.76. The SMILES string of the molecule is COCc1cn(CCCCCC(=O)C(C)C)nn1. The van der Waals surface area contributed by atoms with Crippen LogP contribution in [0.15, 0.2) is 6.20 Å². The maximum Gasteiger partial charge on any atom is 0.135 e. The maximum absolute atomic E-state index is 11.4. The number of hydrogen-bond acceptors (Lipinski definition) is 4. The Kier molecular flexibility index (Phi) is 6.57. The molecule has 0 fully saturated rings. The molecule has 0 aliphatic heterocycles. The molecule has 1 aromatic heterocycles. The van der Waals surface area contributed by atoms with Gasteiger partial charge in [0.25, 0.3) is 0 Å². The van der Waals surface area contributed by atoms with Crippen molar-refractivity contribution in [3.05, 3.63) is 11.9 Å². The highest BCUT2D eigenvalue weighted by atomic mass is 16.5. The fourth-order valence-electron chi connectivity index (χ4n) is 1.70. The molecule has 0 saturated carbocycles. The van der Waals surface area contributed by atoms with Gasteiger partial charge in [0.15, 0.2) is 0 Å². The molecule has 18 heavy (non-hydrogen) atoms. The van der Waals surface area contributed by atoms with Crippen molar-refractivity contribution in [1.82, 2.24) is 15.0 Å². The van der Waals surface area contributed by atoms with Gasteiger partial charge in [-0.15, -0.1) is 5.10 Å². The molecular weight excluding hydrogens is 230 g/mol. The predicted octanol–water partition coefficient (Wildman–Crippen LogP) is 2.21. The first-order valence-corrected chi connectivity index (χ1v) is 6.54. The second kappa shape index (κ2) is 7.97. The monoisotopic (exact) mass is 253 g/mol. The number of carbonyl (C=O) groups is 1. The second-order valence-electron chi connectivity index (χ2n) is 4.84. The van der Waals surface area contributed by atoms with Crippen LogP contribution in [0.2, 0.25) is 0 Å². The zero-order valence-electron chi connectivity index (χ0n) is 11.6. The van der Waals surface area contributed by atoms with Crippen LogP contribution in [0.3, 0.4) is 0 Å². The Morgan fingerprint density at radius 3 is 2.83 bits per heavy atom. The topological polar surface area (TPSA) is 57.0 Å². The Labute approximate surface area is 109 Å². The Hall–Kier alpha value is -1.23. The van der Waals surface area contributed by atoms with Crippen molar-refractivity contribution in [2.24, 2.45) is 5.92 Å². The van der Waals surface area contributed by atoms with Gasteiger partial charge >= 0.3 is 0 Å². The molecule has 0 N–H and O–H groups in total. The summed E-state index contributed by atoms with van der Waals surface area (Å²) < 4.78 is 6.81. The van der Waals surface area contributed by atoms with Crippen LogP contribution in [0, 0.1) is 5.92 Å². The van der Waals surface area contributed by atoms with Gasteiger partial charge in [-0.3, -0.25) is 9.48 Å². The molecule has 5 nitrogen and oxygen atoms in total. The molecule has 0 bridgehead atoms. The number of methoxy groups -OCH3 is 1. The number of rotatable bonds is 9. The van der Waals surface area contributed by atoms with Gasteiger partial charge in [0.2, 0.25) is 0 Å². The van der Waals surface area contributed by atoms with Crippen LogP contribution < -0.4 is 0 Å². The first kappa shape index (κ1) is 14.8. The van der Waals surface area contributed by atoms with Crippen LogP contribution in [-0.2, 0) is 22.7 Å². The van der Waals surface area contributed by atoms with E-state index in [-0.39, 0.29) is 5.92 Å². The van der Waals surface area contributed by atoms with E-state index < -0.39 is 0 Å². The first-order valence-electron chi connectivity index (χ1n) is 6.54. The number of carbonyl (C=O) groups excluding carboxylic acids is 1. The summed E-state index contributed by atoms with van der Waals surface area (Å²) in [7, 11) is 1.64. The number of Topliss-reactive ketones (excluding diaryl/α,β-unsaturated/α-hetero) is 1. The Morgan fingerprint density at radius 2 is 2.17 bits per heavy atom. The predicted molar refractivity (Wildman–Crippen MR) is 69.0 cm³/mol. The summed E-state index contributed by atoms with van der Waals surface area (Å²) in [6.45, 7) is 5.26. The second-order valence-corrected chi connectivity index (χ2v) is 4.84. The molecule has 5 heteroatoms. The standard InChI is InChI=1S/C13H23N3O2/c1-11(2)13(17)7-5-4-6-8-16-9-12(10-18-3)14-15-16/h9,11H,4-8,10H2,1-3H3. The zero-order valence-corrected chi connectivity index (χ0v) is 11.6. The third-order valence-electron chi connectivity index (χ3n) is 2.83. The summed E-state index contributed by atoms with van der Waals surface area (Å²) in [5.74, 6) is 0.523. The molecule has 1 aromatic rings. The van der Waals surface area contributed by atoms with E-state index in [0.29, 0.717) is 18.8 Å². The van der Waals surface area contributed by atoms with E-state index in [1.807, 2.05) is 24.7 Å². The van der Waals surface area contributed by atoms with E-state index >= 15 is 0 Å². The minimum atomic E-state index is 0.164. The highest BCUT2D eigenvalue weighted by Gasteiger charge is 2.06. The van der Waals surface area contributed by atoms with Gasteiger partial charge in [0, 0.05) is 26.0 Å². The van der Waals surface area contributed by atoms with Gasteiger partial charge in [0.1, 0.15) is 11.5 Å². The minimum absolute atomic E-state index is 0.164. The number of nitrogens with zero attached hydrogens (tertiary/aromatic N) is 3. The Balaban J connectivity index is 2.12. The van der Waals surface area contributed by atoms with Crippen LogP contribution in [0.5, 0.6) is 0 Å². The largest absolute Gasteiger partial charge is 0.378 e. The summed E-state index contributed by atoms with van der Waals surface area (Å²) in [5.41, 5.74) is 0.854. The van der Waals surface area contributed by atoms with Crippen molar-refractivity contribution in [3.63, 3.8) is 0 Å². The smallest absolute Gasteiger partial charge is 0.135 e. The molecule has 0 aliphatic rings. The third kappa shape index (κ3) is 5.40. The van der Waals surface area contributed by atoms with Crippen molar-refractivity contribution in [2.45, 2.75) is 52.7 Å². The third-order valence-corrected chi connectivity index (χ3v) is 2.83. The molecular formula is C13H23N3O2. The normalized spacial score (nSPS) is 11.1. The average molecular weight is 253 g/mol. The molecule has 0 spiro atoms. The summed E-state index contributed by atoms with van der Waals surface area (Å²) in [4.78, 5) is 11.4. The van der Waals surface area contributed by atoms with Crippen molar-refractivity contribution >= 4 is 5.78 Å². The van der Waals surface area contributed by atoms with E-state index in [1.54, 1.807) is 7.11 Å². The number of aromatic nitrogens is 3. The molecule has 0 atom stereocenters. The van der Waals surface area contributed by atoms with Crippen LogP contribution in [0.1, 0.15) is 45.2 Å². The number of aryl methyl sites for hydroxylation is 1. The summed E-state index contributed by atoms with van der Waals surface area (Å²) >= 11 is 0. The molecule has 0 aromatic carbocycles. The number of ketones is 1. The van der Waals surface area contributed by atoms with E-state index in [0.717, 1.165) is 31.5 Å². The van der Waals surface area contributed by atoms with Crippen molar-refractivity contribution in [2.75, 3.05) is 7.11 Å². The van der Waals surface area contributed by atoms with Gasteiger partial charge in [0.05, 0.1) is 12.8 Å². The lowest BCUT2D eigenvalue weighted by atomic mass is 10.0. The van der Waals surface area contributed by atoms with Gasteiger partial charge in [-0.05, 0) is 12.8 Å². The fraction of sp³-hybridized carbons (Fsp3) is 0.769. The summed E-state index contributed by atoms with van der Waals surface area (Å²) in [5, 5.41) is 8.01. The fourth-order valence-corrected chi connectivity index (χ4v) is 1.70. The number of ether oxygens (including phenoxy) is 1. The van der Waals surface area contributed by atoms with Crippen LogP contribution >= 0.6 is 0 Å². The zero-order chi connectivity index (χ0) is 13.4. The van der Waals surface area contributed by atoms with Gasteiger partial charge in [-0.1, -0.05) is 25.5 Å². The maximum atomic E-state index is 11.4. The molecule has 0 radical (unpaired) electrons. The van der Waals surface area contributed by atoms with E-state index in [9.17, 15) is 4.79 Å². The summed E-state index contributed by atoms with van der Waals surface area (Å²) in [6, 6.07) is 0. The molecule has 0 unspecified atom stereocenters. The van der Waals surface area contributed by atoms with Crippen LogP contribution in [-0.4, -0.2) is 27.9 Å². The van der Waals surface area contributed by atoms with Crippen LogP contribution in [0.4, 0.5) is 0 Å². The van der Waals surface area contributed by atoms with Gasteiger partial charge in [-0.2, -0.15) is 0 Å². The van der Waals surface area contributed by atoms with E-state index in [2.05, 4.69) is 10.3 Å². The molecule has 0 saturated heterocycles. The molecule has 1 heterocycles. The molecule has 0 aliphatic carbocycles. The molecule has 102 valence electrons. The van der Waals surface area contributed by atoms with Gasteiger partial charge in [-0.25, -0.2) is 0 Å². The lowest BCUT2D eigenvalue weighted by molar-refractivity contribution is -0.122. The number of hydrogen-bond donors (Lipinski definition) is 0. The van der Waals surface area contributed by atoms with Gasteiger partial charge < -0.3 is 4.74 Å². The van der Waals surface area contributed by atoms with Crippen molar-refractivity contribution in [1.29, 1.82) is 0 Å². The van der Waals surface area contributed by atoms with Crippen molar-refractivity contribution < 1.29 is 9.53 Å². The quantitative estimate of drug-likeness (QED) is 0.633. The summed E-state index contributed by atoms with van der Waals surface area (Å²) in [6.07, 6.45) is 5.66. The Bertz CT molecular complexity index is 361. The molecule has 1 rings (SSSR count). The highest BCUT2D eigenvalue weighted by molar-refractivity contribution is 5.80. The Morgan fingerprint density at radius 1 is 1.39 bits per heavy atom. The highest BCUT2D eigenvalue weighted by Crippen LogP contribution is 2.07. The minimum Gasteiger partial charge on any atom is -0.378 e. The lowest BCUT2D eigenvalue weighted by Crippen LogP contribution is -2.06. The first-order chi connectivity index (χ1) is 8.63. The lowest BCUT2D eigenvalue weighted by Gasteiger charge is -2.03. The van der Waals surface area contributed by atoms with Crippen molar-refractivity contribution in [3.8, 4) is 0 Å². The van der Waals surface area contributed by atoms with E-state index in [1.165, 1.54) is 0 Å². The number of unbranched alkanes of at least 4 members (excludes halogenated alkanes) is 2.